The molecule has 0 bridgehead atoms. The Morgan fingerprint density at radius 1 is 1.18 bits per heavy atom. The summed E-state index contributed by atoms with van der Waals surface area (Å²) in [5, 5.41) is 3.59. The van der Waals surface area contributed by atoms with Crippen LogP contribution in [0.15, 0.2) is 35.3 Å². The Labute approximate surface area is 191 Å². The molecule has 2 aliphatic rings. The molecule has 1 aliphatic heterocycles. The predicted molar refractivity (Wildman–Crippen MR) is 124 cm³/mol. The summed E-state index contributed by atoms with van der Waals surface area (Å²) in [5.41, 5.74) is 2.37. The Morgan fingerprint density at radius 3 is 2.73 bits per heavy atom. The Morgan fingerprint density at radius 2 is 1.97 bits per heavy atom. The fraction of sp³-hybridized carbons (Fsp3) is 0.417. The van der Waals surface area contributed by atoms with E-state index in [1.54, 1.807) is 13.3 Å². The van der Waals surface area contributed by atoms with Crippen molar-refractivity contribution in [3.8, 4) is 5.75 Å². The number of nitrogens with one attached hydrogen (secondary N) is 2. The SMILES string of the molecule is COc1ccc(C2CC(=O)c3cnc4nc(NCCN5CCOCC5)[nH]c(=O)c4c3C2)cc1. The van der Waals surface area contributed by atoms with Gasteiger partial charge in [0.1, 0.15) is 5.75 Å². The maximum Gasteiger partial charge on any atom is 0.262 e. The van der Waals surface area contributed by atoms with Gasteiger partial charge in [0.2, 0.25) is 5.95 Å². The number of nitrogens with zero attached hydrogens (tertiary/aromatic N) is 3. The minimum Gasteiger partial charge on any atom is -0.497 e. The summed E-state index contributed by atoms with van der Waals surface area (Å²) in [5.74, 6) is 1.15. The quantitative estimate of drug-likeness (QED) is 0.588. The summed E-state index contributed by atoms with van der Waals surface area (Å²) in [6, 6.07) is 7.74. The van der Waals surface area contributed by atoms with Gasteiger partial charge in [-0.3, -0.25) is 19.5 Å². The molecule has 1 atom stereocenters. The molecule has 0 saturated carbocycles. The van der Waals surface area contributed by atoms with Crippen LogP contribution in [0.1, 0.15) is 33.8 Å². The molecular formula is C24H27N5O4. The van der Waals surface area contributed by atoms with E-state index in [1.165, 1.54) is 0 Å². The van der Waals surface area contributed by atoms with Gasteiger partial charge in [0, 0.05) is 44.4 Å². The first-order valence-corrected chi connectivity index (χ1v) is 11.3. The number of pyridine rings is 1. The molecule has 1 fully saturated rings. The maximum atomic E-state index is 13.0. The van der Waals surface area contributed by atoms with E-state index >= 15 is 0 Å². The van der Waals surface area contributed by atoms with Crippen molar-refractivity contribution >= 4 is 22.8 Å². The van der Waals surface area contributed by atoms with Crippen LogP contribution in [0.2, 0.25) is 0 Å². The number of benzene rings is 1. The van der Waals surface area contributed by atoms with E-state index in [-0.39, 0.29) is 17.3 Å². The summed E-state index contributed by atoms with van der Waals surface area (Å²) in [7, 11) is 1.62. The van der Waals surface area contributed by atoms with Gasteiger partial charge in [-0.05, 0) is 35.6 Å². The van der Waals surface area contributed by atoms with Crippen LogP contribution in [0.4, 0.5) is 5.95 Å². The van der Waals surface area contributed by atoms with E-state index in [2.05, 4.69) is 25.2 Å². The molecule has 172 valence electrons. The van der Waals surface area contributed by atoms with Crippen molar-refractivity contribution in [2.24, 2.45) is 0 Å². The number of anilines is 1. The third kappa shape index (κ3) is 4.46. The van der Waals surface area contributed by atoms with E-state index in [4.69, 9.17) is 9.47 Å². The average Bonchev–Trinajstić information content (AvgIpc) is 2.84. The largest absolute Gasteiger partial charge is 0.497 e. The van der Waals surface area contributed by atoms with Crippen molar-refractivity contribution in [3.63, 3.8) is 0 Å². The maximum absolute atomic E-state index is 13.0. The number of hydrogen-bond acceptors (Lipinski definition) is 8. The topological polar surface area (TPSA) is 109 Å². The fourth-order valence-electron chi connectivity index (χ4n) is 4.62. The Hall–Kier alpha value is -3.30. The third-order valence-electron chi connectivity index (χ3n) is 6.44. The number of aromatic nitrogens is 3. The normalized spacial score (nSPS) is 18.8. The lowest BCUT2D eigenvalue weighted by atomic mass is 9.79. The number of morpholine rings is 1. The molecule has 0 spiro atoms. The highest BCUT2D eigenvalue weighted by Gasteiger charge is 2.29. The predicted octanol–water partition coefficient (Wildman–Crippen LogP) is 1.98. The summed E-state index contributed by atoms with van der Waals surface area (Å²) >= 11 is 0. The van der Waals surface area contributed by atoms with Crippen LogP contribution < -0.4 is 15.6 Å². The van der Waals surface area contributed by atoms with Crippen LogP contribution in [0, 0.1) is 0 Å². The number of fused-ring (bicyclic) bond motifs is 3. The second-order valence-corrected chi connectivity index (χ2v) is 8.45. The molecule has 2 N–H and O–H groups in total. The molecule has 1 aromatic carbocycles. The van der Waals surface area contributed by atoms with Crippen molar-refractivity contribution in [1.29, 1.82) is 0 Å². The number of rotatable bonds is 6. The van der Waals surface area contributed by atoms with Crippen molar-refractivity contribution in [2.75, 3.05) is 51.8 Å². The van der Waals surface area contributed by atoms with E-state index in [0.717, 1.165) is 49.7 Å². The first kappa shape index (κ1) is 21.5. The minimum atomic E-state index is -0.276. The molecule has 9 heteroatoms. The Bertz CT molecular complexity index is 1220. The monoisotopic (exact) mass is 449 g/mol. The molecule has 2 aromatic heterocycles. The zero-order valence-corrected chi connectivity index (χ0v) is 18.6. The van der Waals surface area contributed by atoms with Gasteiger partial charge in [0.25, 0.3) is 5.56 Å². The summed E-state index contributed by atoms with van der Waals surface area (Å²) in [6.45, 7) is 4.78. The van der Waals surface area contributed by atoms with Crippen LogP contribution in [-0.2, 0) is 11.2 Å². The second kappa shape index (κ2) is 9.29. The smallest absolute Gasteiger partial charge is 0.262 e. The van der Waals surface area contributed by atoms with E-state index in [1.807, 2.05) is 24.3 Å². The molecular weight excluding hydrogens is 422 g/mol. The van der Waals surface area contributed by atoms with Gasteiger partial charge in [-0.15, -0.1) is 0 Å². The van der Waals surface area contributed by atoms with Crippen molar-refractivity contribution in [2.45, 2.75) is 18.8 Å². The lowest BCUT2D eigenvalue weighted by Crippen LogP contribution is -2.39. The Balaban J connectivity index is 1.39. The molecule has 0 amide bonds. The number of aromatic amines is 1. The van der Waals surface area contributed by atoms with Crippen LogP contribution in [0.5, 0.6) is 5.75 Å². The average molecular weight is 450 g/mol. The van der Waals surface area contributed by atoms with Gasteiger partial charge < -0.3 is 14.8 Å². The number of ketones is 1. The number of H-pyrrole nitrogens is 1. The number of methoxy groups -OCH3 is 1. The van der Waals surface area contributed by atoms with Gasteiger partial charge in [-0.25, -0.2) is 4.98 Å². The van der Waals surface area contributed by atoms with E-state index < -0.39 is 0 Å². The number of carbonyl (C=O) groups excluding carboxylic acids is 1. The molecule has 9 nitrogen and oxygen atoms in total. The fourth-order valence-corrected chi connectivity index (χ4v) is 4.62. The highest BCUT2D eigenvalue weighted by molar-refractivity contribution is 6.02. The number of ether oxygens (including phenoxy) is 2. The number of Topliss-reactive ketones (excluding diaryl/α,β-unsaturated/α-hetero) is 1. The minimum absolute atomic E-state index is 0.00131. The van der Waals surface area contributed by atoms with Gasteiger partial charge in [-0.1, -0.05) is 12.1 Å². The van der Waals surface area contributed by atoms with Crippen molar-refractivity contribution in [1.82, 2.24) is 19.9 Å². The van der Waals surface area contributed by atoms with Gasteiger partial charge >= 0.3 is 0 Å². The second-order valence-electron chi connectivity index (χ2n) is 8.45. The first-order chi connectivity index (χ1) is 16.1. The van der Waals surface area contributed by atoms with Crippen LogP contribution >= 0.6 is 0 Å². The van der Waals surface area contributed by atoms with E-state index in [0.29, 0.717) is 41.9 Å². The highest BCUT2D eigenvalue weighted by atomic mass is 16.5. The summed E-state index contributed by atoms with van der Waals surface area (Å²) < 4.78 is 10.6. The Kier molecular flexibility index (Phi) is 6.06. The molecule has 0 radical (unpaired) electrons. The zero-order valence-electron chi connectivity index (χ0n) is 18.6. The van der Waals surface area contributed by atoms with E-state index in [9.17, 15) is 9.59 Å². The van der Waals surface area contributed by atoms with Crippen molar-refractivity contribution in [3.05, 3.63) is 57.5 Å². The molecule has 1 unspecified atom stereocenters. The van der Waals surface area contributed by atoms with Gasteiger partial charge in [0.15, 0.2) is 11.4 Å². The molecule has 1 aliphatic carbocycles. The molecule has 1 saturated heterocycles. The molecule has 33 heavy (non-hydrogen) atoms. The van der Waals surface area contributed by atoms with Crippen LogP contribution in [0.25, 0.3) is 11.0 Å². The summed E-state index contributed by atoms with van der Waals surface area (Å²) in [4.78, 5) is 39.9. The standard InChI is InChI=1S/C24H27N5O4/c1-32-17-4-2-15(3-5-17)16-12-18-19(20(30)13-16)14-26-22-21(18)23(31)28-24(27-22)25-6-7-29-8-10-33-11-9-29/h2-5,14,16H,6-13H2,1H3,(H2,25,26,27,28,31). The molecule has 3 heterocycles. The van der Waals surface area contributed by atoms with Gasteiger partial charge in [-0.2, -0.15) is 4.98 Å². The van der Waals surface area contributed by atoms with Crippen molar-refractivity contribution < 1.29 is 14.3 Å². The zero-order chi connectivity index (χ0) is 22.8. The summed E-state index contributed by atoms with van der Waals surface area (Å²) in [6.07, 6.45) is 2.54. The first-order valence-electron chi connectivity index (χ1n) is 11.3. The number of carbonyl (C=O) groups is 1. The van der Waals surface area contributed by atoms with Crippen LogP contribution in [0.3, 0.4) is 0 Å². The highest BCUT2D eigenvalue weighted by Crippen LogP contribution is 2.35. The molecule has 5 rings (SSSR count). The van der Waals surface area contributed by atoms with Crippen LogP contribution in [-0.4, -0.2) is 72.1 Å². The lowest BCUT2D eigenvalue weighted by Gasteiger charge is -2.26. The molecule has 3 aromatic rings. The lowest BCUT2D eigenvalue weighted by molar-refractivity contribution is 0.0398. The number of hydrogen-bond donors (Lipinski definition) is 2. The van der Waals surface area contributed by atoms with Gasteiger partial charge in [0.05, 0.1) is 25.7 Å². The third-order valence-corrected chi connectivity index (χ3v) is 6.44.